The van der Waals surface area contributed by atoms with Gasteiger partial charge >= 0.3 is 7.82 Å². The lowest BCUT2D eigenvalue weighted by Gasteiger charge is -2.22. The lowest BCUT2D eigenvalue weighted by Crippen LogP contribution is -2.29. The lowest BCUT2D eigenvalue weighted by molar-refractivity contribution is 0.102. The zero-order valence-electron chi connectivity index (χ0n) is 21.7. The normalized spacial score (nSPS) is 11.3. The van der Waals surface area contributed by atoms with Gasteiger partial charge in [-0.2, -0.15) is 0 Å². The van der Waals surface area contributed by atoms with Crippen molar-refractivity contribution >= 4 is 30.3 Å². The van der Waals surface area contributed by atoms with Gasteiger partial charge < -0.3 is 14.4 Å². The number of hydrogen-bond acceptors (Lipinski definition) is 6. The Morgan fingerprint density at radius 1 is 0.750 bits per heavy atom. The van der Waals surface area contributed by atoms with E-state index >= 15 is 0 Å². The maximum Gasteiger partial charge on any atom is 0.530 e. The molecule has 5 rings (SSSR count). The molecule has 5 aromatic rings. The van der Waals surface area contributed by atoms with Crippen molar-refractivity contribution in [3.63, 3.8) is 0 Å². The van der Waals surface area contributed by atoms with Crippen LogP contribution in [0.3, 0.4) is 0 Å². The second-order valence-corrected chi connectivity index (χ2v) is 10.6. The predicted octanol–water partition coefficient (Wildman–Crippen LogP) is 6.71. The third-order valence-corrected chi connectivity index (χ3v) is 7.48. The third-order valence-electron chi connectivity index (χ3n) is 6.18. The van der Waals surface area contributed by atoms with Crippen LogP contribution in [0.4, 0.5) is 5.69 Å². The molecule has 0 unspecified atom stereocenters. The van der Waals surface area contributed by atoms with Crippen LogP contribution in [0.5, 0.6) is 5.75 Å². The molecule has 4 aromatic carbocycles. The second kappa shape index (κ2) is 12.1. The van der Waals surface area contributed by atoms with Crippen LogP contribution in [0, 0.1) is 0 Å². The number of benzene rings is 4. The standard InChI is InChI=1S/C31H27N2O6P/c1-33-27-20-12-11-19-26(27)29(28(31(33)35)30(34)32-25-17-9-4-10-18-25)39-40(36,37-21-23-13-5-2-6-14-23)38-22-24-15-7-3-8-16-24/h2-20H,21-22H2,1H3,(H,32,34). The molecule has 0 radical (unpaired) electrons. The molecule has 1 aromatic heterocycles. The first-order chi connectivity index (χ1) is 19.4. The Hall–Kier alpha value is -4.49. The molecular weight excluding hydrogens is 527 g/mol. The van der Waals surface area contributed by atoms with Gasteiger partial charge in [-0.1, -0.05) is 91.0 Å². The summed E-state index contributed by atoms with van der Waals surface area (Å²) >= 11 is 0. The van der Waals surface area contributed by atoms with E-state index in [2.05, 4.69) is 5.32 Å². The van der Waals surface area contributed by atoms with Crippen molar-refractivity contribution in [2.24, 2.45) is 7.05 Å². The summed E-state index contributed by atoms with van der Waals surface area (Å²) in [6.07, 6.45) is 0. The van der Waals surface area contributed by atoms with Gasteiger partial charge in [-0.25, -0.2) is 4.57 Å². The van der Waals surface area contributed by atoms with Crippen LogP contribution in [0.1, 0.15) is 21.5 Å². The molecule has 0 aliphatic heterocycles. The van der Waals surface area contributed by atoms with Crippen LogP contribution in [0.2, 0.25) is 0 Å². The SMILES string of the molecule is Cn1c(=O)c(C(=O)Nc2ccccc2)c(OP(=O)(OCc2ccccc2)OCc2ccccc2)c2ccccc21. The molecule has 8 nitrogen and oxygen atoms in total. The quantitative estimate of drug-likeness (QED) is 0.193. The molecule has 0 aliphatic carbocycles. The van der Waals surface area contributed by atoms with E-state index in [-0.39, 0.29) is 24.5 Å². The number of nitrogens with zero attached hydrogens (tertiary/aromatic N) is 1. The highest BCUT2D eigenvalue weighted by Crippen LogP contribution is 2.52. The number of aryl methyl sites for hydroxylation is 1. The number of carbonyl (C=O) groups is 1. The number of pyridine rings is 1. The van der Waals surface area contributed by atoms with Crippen LogP contribution in [-0.2, 0) is 33.9 Å². The van der Waals surface area contributed by atoms with E-state index in [1.54, 1.807) is 55.6 Å². The number of rotatable bonds is 10. The number of phosphoric ester groups is 1. The number of phosphoric acid groups is 1. The highest BCUT2D eigenvalue weighted by Gasteiger charge is 2.34. The van der Waals surface area contributed by atoms with Gasteiger partial charge in [0.25, 0.3) is 11.5 Å². The number of amides is 1. The third kappa shape index (κ3) is 6.21. The molecule has 40 heavy (non-hydrogen) atoms. The minimum Gasteiger partial charge on any atom is -0.402 e. The molecule has 1 amide bonds. The molecule has 0 spiro atoms. The maximum absolute atomic E-state index is 14.2. The summed E-state index contributed by atoms with van der Waals surface area (Å²) in [4.78, 5) is 27.1. The van der Waals surface area contributed by atoms with E-state index in [1.807, 2.05) is 66.7 Å². The molecule has 9 heteroatoms. The van der Waals surface area contributed by atoms with Crippen molar-refractivity contribution in [1.29, 1.82) is 0 Å². The molecule has 202 valence electrons. The second-order valence-electron chi connectivity index (χ2n) is 8.96. The van der Waals surface area contributed by atoms with E-state index in [1.165, 1.54) is 4.57 Å². The highest BCUT2D eigenvalue weighted by atomic mass is 31.2. The molecule has 0 bridgehead atoms. The maximum atomic E-state index is 14.2. The molecule has 1 heterocycles. The van der Waals surface area contributed by atoms with Gasteiger partial charge in [-0.3, -0.25) is 18.6 Å². The van der Waals surface area contributed by atoms with Gasteiger partial charge in [0.15, 0.2) is 5.75 Å². The molecule has 0 atom stereocenters. The Balaban J connectivity index is 1.58. The fraction of sp³-hybridized carbons (Fsp3) is 0.0968. The van der Waals surface area contributed by atoms with Gasteiger partial charge in [-0.15, -0.1) is 0 Å². The zero-order valence-corrected chi connectivity index (χ0v) is 22.6. The fourth-order valence-corrected chi connectivity index (χ4v) is 5.34. The first kappa shape index (κ1) is 27.1. The minimum atomic E-state index is -4.39. The predicted molar refractivity (Wildman–Crippen MR) is 154 cm³/mol. The number of para-hydroxylation sites is 2. The van der Waals surface area contributed by atoms with Gasteiger partial charge in [0.2, 0.25) is 0 Å². The van der Waals surface area contributed by atoms with E-state index in [0.29, 0.717) is 16.6 Å². The molecule has 0 saturated carbocycles. The van der Waals surface area contributed by atoms with Crippen LogP contribution < -0.4 is 15.4 Å². The van der Waals surface area contributed by atoms with Gasteiger partial charge in [0.05, 0.1) is 18.7 Å². The molecule has 1 N–H and O–H groups in total. The number of anilines is 1. The topological polar surface area (TPSA) is 95.9 Å². The summed E-state index contributed by atoms with van der Waals surface area (Å²) in [5, 5.41) is 3.13. The van der Waals surface area contributed by atoms with Crippen LogP contribution in [-0.4, -0.2) is 10.5 Å². The van der Waals surface area contributed by atoms with Crippen molar-refractivity contribution in [3.05, 3.63) is 142 Å². The average Bonchev–Trinajstić information content (AvgIpc) is 2.99. The number of aromatic nitrogens is 1. The Bertz CT molecular complexity index is 1680. The minimum absolute atomic E-state index is 0.0821. The average molecular weight is 555 g/mol. The van der Waals surface area contributed by atoms with E-state index in [9.17, 15) is 14.2 Å². The molecule has 0 fully saturated rings. The van der Waals surface area contributed by atoms with Crippen molar-refractivity contribution < 1.29 is 22.9 Å². The zero-order chi connectivity index (χ0) is 28.0. The highest BCUT2D eigenvalue weighted by molar-refractivity contribution is 7.48. The molecular formula is C31H27N2O6P. The van der Waals surface area contributed by atoms with Crippen molar-refractivity contribution in [3.8, 4) is 5.75 Å². The summed E-state index contributed by atoms with van der Waals surface area (Å²) in [6.45, 7) is -0.164. The summed E-state index contributed by atoms with van der Waals surface area (Å²) < 4.78 is 33.1. The van der Waals surface area contributed by atoms with Crippen LogP contribution >= 0.6 is 7.82 Å². The van der Waals surface area contributed by atoms with Crippen molar-refractivity contribution in [1.82, 2.24) is 4.57 Å². The van der Waals surface area contributed by atoms with Crippen molar-refractivity contribution in [2.45, 2.75) is 13.2 Å². The van der Waals surface area contributed by atoms with Crippen LogP contribution in [0.15, 0.2) is 120 Å². The first-order valence-electron chi connectivity index (χ1n) is 12.6. The summed E-state index contributed by atoms with van der Waals surface area (Å²) in [7, 11) is -2.83. The number of nitrogens with one attached hydrogen (secondary N) is 1. The number of hydrogen-bond donors (Lipinski definition) is 1. The van der Waals surface area contributed by atoms with E-state index in [0.717, 1.165) is 11.1 Å². The Morgan fingerprint density at radius 3 is 1.82 bits per heavy atom. The van der Waals surface area contributed by atoms with E-state index < -0.39 is 19.3 Å². The summed E-state index contributed by atoms with van der Waals surface area (Å²) in [5.74, 6) is -0.901. The Morgan fingerprint density at radius 2 is 1.25 bits per heavy atom. The summed E-state index contributed by atoms with van der Waals surface area (Å²) in [6, 6.07) is 33.9. The number of carbonyl (C=O) groups excluding carboxylic acids is 1. The molecule has 0 aliphatic rings. The largest absolute Gasteiger partial charge is 0.530 e. The summed E-state index contributed by atoms with van der Waals surface area (Å²) in [5.41, 5.74) is 1.50. The monoisotopic (exact) mass is 554 g/mol. The number of fused-ring (bicyclic) bond motifs is 1. The van der Waals surface area contributed by atoms with Gasteiger partial charge in [0, 0.05) is 18.1 Å². The lowest BCUT2D eigenvalue weighted by atomic mass is 10.1. The Kier molecular flexibility index (Phi) is 8.22. The smallest absolute Gasteiger partial charge is 0.402 e. The fourth-order valence-electron chi connectivity index (χ4n) is 4.13. The Labute approximate surface area is 231 Å². The van der Waals surface area contributed by atoms with Crippen LogP contribution in [0.25, 0.3) is 10.9 Å². The van der Waals surface area contributed by atoms with E-state index in [4.69, 9.17) is 13.6 Å². The van der Waals surface area contributed by atoms with Gasteiger partial charge in [0.1, 0.15) is 5.56 Å². The van der Waals surface area contributed by atoms with Crippen molar-refractivity contribution in [2.75, 3.05) is 5.32 Å². The molecule has 0 saturated heterocycles. The van der Waals surface area contributed by atoms with Gasteiger partial charge in [-0.05, 0) is 35.4 Å². The first-order valence-corrected chi connectivity index (χ1v) is 14.0.